The van der Waals surface area contributed by atoms with Crippen LogP contribution in [0.25, 0.3) is 0 Å². The Morgan fingerprint density at radius 3 is 2.34 bits per heavy atom. The van der Waals surface area contributed by atoms with Crippen LogP contribution in [-0.2, 0) is 19.1 Å². The van der Waals surface area contributed by atoms with Gasteiger partial charge in [-0.25, -0.2) is 0 Å². The quantitative estimate of drug-likeness (QED) is 0.361. The van der Waals surface area contributed by atoms with Crippen molar-refractivity contribution >= 4 is 11.8 Å². The molecule has 0 bridgehead atoms. The molecule has 0 aromatic rings. The van der Waals surface area contributed by atoms with Gasteiger partial charge in [-0.1, -0.05) is 33.8 Å². The maximum absolute atomic E-state index is 13.6. The molecule has 3 aliphatic rings. The van der Waals surface area contributed by atoms with Gasteiger partial charge in [0.15, 0.2) is 5.78 Å². The minimum atomic E-state index is -2.34. The van der Waals surface area contributed by atoms with Gasteiger partial charge in [0.05, 0.1) is 17.6 Å². The molecule has 1 spiro atoms. The third-order valence-corrected chi connectivity index (χ3v) is 8.07. The molecule has 0 aromatic carbocycles. The van der Waals surface area contributed by atoms with Gasteiger partial charge in [-0.3, -0.25) is 9.59 Å². The summed E-state index contributed by atoms with van der Waals surface area (Å²) in [6, 6.07) is 0. The number of aliphatic hydroxyl groups is 3. The van der Waals surface area contributed by atoms with E-state index in [4.69, 9.17) is 9.47 Å². The molecule has 1 saturated heterocycles. The topological polar surface area (TPSA) is 113 Å². The standard InChI is InChI=1S/C22H34O7/c1-8-19(6)11-15(25)21(29-19)12(2)22(27,28-13(3)23)17(26)16-18(4,5)10-9-14(24)20(16,21)7/h8,12,14,16-17,24,26-27H,1,9-11H2,2-7H3/t12-,14+,16+,17+,19+,20+,21+,22-/m1/s1. The summed E-state index contributed by atoms with van der Waals surface area (Å²) in [6.07, 6.45) is 0.0987. The zero-order valence-electron chi connectivity index (χ0n) is 18.2. The van der Waals surface area contributed by atoms with Crippen LogP contribution < -0.4 is 0 Å². The number of Topliss-reactive ketones (excluding diaryl/α,β-unsaturated/α-hetero) is 1. The summed E-state index contributed by atoms with van der Waals surface area (Å²) in [5.74, 6) is -5.30. The number of carbonyl (C=O) groups is 2. The van der Waals surface area contributed by atoms with Crippen molar-refractivity contribution < 1.29 is 34.4 Å². The van der Waals surface area contributed by atoms with Crippen molar-refractivity contribution in [2.45, 2.75) is 90.0 Å². The highest BCUT2D eigenvalue weighted by atomic mass is 16.7. The Balaban J connectivity index is 2.34. The maximum Gasteiger partial charge on any atom is 0.305 e. The average Bonchev–Trinajstić information content (AvgIpc) is 2.88. The Morgan fingerprint density at radius 1 is 1.28 bits per heavy atom. The summed E-state index contributed by atoms with van der Waals surface area (Å²) >= 11 is 0. The van der Waals surface area contributed by atoms with Crippen LogP contribution in [0.3, 0.4) is 0 Å². The summed E-state index contributed by atoms with van der Waals surface area (Å²) < 4.78 is 11.7. The van der Waals surface area contributed by atoms with E-state index >= 15 is 0 Å². The summed E-state index contributed by atoms with van der Waals surface area (Å²) in [7, 11) is 0. The molecular weight excluding hydrogens is 376 g/mol. The molecule has 0 amide bonds. The van der Waals surface area contributed by atoms with Gasteiger partial charge < -0.3 is 24.8 Å². The molecule has 3 rings (SSSR count). The average molecular weight is 411 g/mol. The normalized spacial score (nSPS) is 51.6. The van der Waals surface area contributed by atoms with Gasteiger partial charge in [0, 0.05) is 24.7 Å². The largest absolute Gasteiger partial charge is 0.430 e. The van der Waals surface area contributed by atoms with E-state index in [-0.39, 0.29) is 12.2 Å². The number of ether oxygens (including phenoxy) is 2. The molecule has 2 saturated carbocycles. The summed E-state index contributed by atoms with van der Waals surface area (Å²) in [5, 5.41) is 34.1. The fourth-order valence-corrected chi connectivity index (χ4v) is 6.61. The fraction of sp³-hybridized carbons (Fsp3) is 0.818. The zero-order chi connectivity index (χ0) is 22.2. The van der Waals surface area contributed by atoms with E-state index < -0.39 is 57.8 Å². The summed E-state index contributed by atoms with van der Waals surface area (Å²) in [6.45, 7) is 13.8. The van der Waals surface area contributed by atoms with Crippen molar-refractivity contribution in [1.29, 1.82) is 0 Å². The number of carbonyl (C=O) groups excluding carboxylic acids is 2. The van der Waals surface area contributed by atoms with Crippen LogP contribution in [0, 0.1) is 22.7 Å². The molecule has 3 fully saturated rings. The molecule has 7 nitrogen and oxygen atoms in total. The fourth-order valence-electron chi connectivity index (χ4n) is 6.61. The number of esters is 1. The lowest BCUT2D eigenvalue weighted by Crippen LogP contribution is -2.80. The molecule has 1 aliphatic heterocycles. The predicted molar refractivity (Wildman–Crippen MR) is 105 cm³/mol. The highest BCUT2D eigenvalue weighted by Crippen LogP contribution is 2.68. The van der Waals surface area contributed by atoms with Gasteiger partial charge >= 0.3 is 5.97 Å². The van der Waals surface area contributed by atoms with Crippen molar-refractivity contribution in [3.8, 4) is 0 Å². The number of aliphatic hydroxyl groups excluding tert-OH is 2. The Bertz CT molecular complexity index is 747. The molecular formula is C22H34O7. The molecule has 0 unspecified atom stereocenters. The van der Waals surface area contributed by atoms with Crippen LogP contribution in [0.4, 0.5) is 0 Å². The second-order valence-electron chi connectivity index (χ2n) is 10.3. The number of rotatable bonds is 2. The van der Waals surface area contributed by atoms with Gasteiger partial charge in [-0.2, -0.15) is 0 Å². The van der Waals surface area contributed by atoms with Gasteiger partial charge in [0.25, 0.3) is 0 Å². The highest BCUT2D eigenvalue weighted by Gasteiger charge is 2.80. The van der Waals surface area contributed by atoms with Crippen LogP contribution >= 0.6 is 0 Å². The Kier molecular flexibility index (Phi) is 4.91. The molecule has 7 heteroatoms. The van der Waals surface area contributed by atoms with Gasteiger partial charge in [-0.15, -0.1) is 6.58 Å². The van der Waals surface area contributed by atoms with Crippen LogP contribution in [-0.4, -0.2) is 56.3 Å². The van der Waals surface area contributed by atoms with E-state index in [2.05, 4.69) is 6.58 Å². The third-order valence-electron chi connectivity index (χ3n) is 8.07. The zero-order valence-corrected chi connectivity index (χ0v) is 18.2. The van der Waals surface area contributed by atoms with Crippen LogP contribution in [0.15, 0.2) is 12.7 Å². The van der Waals surface area contributed by atoms with Crippen LogP contribution in [0.5, 0.6) is 0 Å². The number of fused-ring (bicyclic) bond motifs is 2. The van der Waals surface area contributed by atoms with Crippen LogP contribution in [0.1, 0.15) is 60.8 Å². The molecule has 8 atom stereocenters. The molecule has 3 N–H and O–H groups in total. The minimum absolute atomic E-state index is 0.0164. The predicted octanol–water partition coefficient (Wildman–Crippen LogP) is 1.72. The van der Waals surface area contributed by atoms with Crippen LogP contribution in [0.2, 0.25) is 0 Å². The van der Waals surface area contributed by atoms with E-state index in [1.54, 1.807) is 19.9 Å². The van der Waals surface area contributed by atoms with Crippen molar-refractivity contribution in [2.24, 2.45) is 22.7 Å². The van der Waals surface area contributed by atoms with E-state index in [0.717, 1.165) is 6.92 Å². The molecule has 29 heavy (non-hydrogen) atoms. The molecule has 1 heterocycles. The number of hydrogen-bond acceptors (Lipinski definition) is 7. The van der Waals surface area contributed by atoms with Gasteiger partial charge in [0.1, 0.15) is 11.7 Å². The highest BCUT2D eigenvalue weighted by molar-refractivity contribution is 5.92. The second kappa shape index (κ2) is 6.36. The molecule has 2 aliphatic carbocycles. The van der Waals surface area contributed by atoms with E-state index in [1.165, 1.54) is 6.92 Å². The number of hydrogen-bond donors (Lipinski definition) is 3. The SMILES string of the molecule is C=C[C@@]1(C)CC(=O)[C@@]2(O1)[C@@H](C)[C@@](O)(OC(C)=O)[C@@H](O)[C@H]1C(C)(C)CC[C@H](O)[C@@]12C. The monoisotopic (exact) mass is 410 g/mol. The summed E-state index contributed by atoms with van der Waals surface area (Å²) in [5.41, 5.74) is -4.44. The Morgan fingerprint density at radius 2 is 1.86 bits per heavy atom. The maximum atomic E-state index is 13.6. The van der Waals surface area contributed by atoms with Gasteiger partial charge in [-0.05, 0) is 25.2 Å². The third kappa shape index (κ3) is 2.63. The van der Waals surface area contributed by atoms with Crippen molar-refractivity contribution in [3.63, 3.8) is 0 Å². The summed E-state index contributed by atoms with van der Waals surface area (Å²) in [4.78, 5) is 25.5. The molecule has 0 radical (unpaired) electrons. The first-order valence-electron chi connectivity index (χ1n) is 10.3. The smallest absolute Gasteiger partial charge is 0.305 e. The Labute approximate surface area is 172 Å². The van der Waals surface area contributed by atoms with Crippen molar-refractivity contribution in [2.75, 3.05) is 0 Å². The Hall–Kier alpha value is -1.28. The van der Waals surface area contributed by atoms with Crippen molar-refractivity contribution in [3.05, 3.63) is 12.7 Å². The second-order valence-corrected chi connectivity index (χ2v) is 10.3. The first kappa shape index (κ1) is 22.4. The van der Waals surface area contributed by atoms with Crippen molar-refractivity contribution in [1.82, 2.24) is 0 Å². The number of ketones is 1. The lowest BCUT2D eigenvalue weighted by atomic mass is 9.41. The molecule has 0 aromatic heterocycles. The first-order valence-corrected chi connectivity index (χ1v) is 10.3. The van der Waals surface area contributed by atoms with E-state index in [1.807, 2.05) is 13.8 Å². The lowest BCUT2D eigenvalue weighted by molar-refractivity contribution is -0.382. The molecule has 164 valence electrons. The first-order chi connectivity index (χ1) is 13.1. The minimum Gasteiger partial charge on any atom is -0.430 e. The van der Waals surface area contributed by atoms with E-state index in [9.17, 15) is 24.9 Å². The van der Waals surface area contributed by atoms with E-state index in [0.29, 0.717) is 12.8 Å². The lowest BCUT2D eigenvalue weighted by Gasteiger charge is -2.68. The van der Waals surface area contributed by atoms with Gasteiger partial charge in [0.2, 0.25) is 5.79 Å².